The number of nitrogens with zero attached hydrogens (tertiary/aromatic N) is 3. The number of rotatable bonds is 3. The van der Waals surface area contributed by atoms with Crippen LogP contribution in [0.2, 0.25) is 0 Å². The maximum absolute atomic E-state index is 10.9. The lowest BCUT2D eigenvalue weighted by Crippen LogP contribution is -1.91. The quantitative estimate of drug-likeness (QED) is 0.489. The first-order valence-corrected chi connectivity index (χ1v) is 6.47. The molecule has 0 saturated heterocycles. The van der Waals surface area contributed by atoms with Crippen LogP contribution in [0.15, 0.2) is 18.2 Å². The van der Waals surface area contributed by atoms with Gasteiger partial charge in [-0.1, -0.05) is 23.5 Å². The molecule has 0 aliphatic carbocycles. The van der Waals surface area contributed by atoms with Crippen LogP contribution in [0.1, 0.15) is 22.9 Å². The first-order valence-electron chi connectivity index (χ1n) is 5.22. The predicted octanol–water partition coefficient (Wildman–Crippen LogP) is 3.72. The minimum atomic E-state index is -0.398. The van der Waals surface area contributed by atoms with Crippen LogP contribution in [0.3, 0.4) is 0 Å². The molecule has 0 amide bonds. The van der Waals surface area contributed by atoms with Gasteiger partial charge in [0.15, 0.2) is 0 Å². The van der Waals surface area contributed by atoms with Crippen molar-refractivity contribution in [1.82, 2.24) is 10.2 Å². The number of nitro groups is 1. The Balaban J connectivity index is 2.44. The highest BCUT2D eigenvalue weighted by molar-refractivity contribution is 7.15. The topological polar surface area (TPSA) is 68.9 Å². The molecule has 5 nitrogen and oxygen atoms in total. The second kappa shape index (κ2) is 4.99. The van der Waals surface area contributed by atoms with Crippen LogP contribution in [0.4, 0.5) is 5.69 Å². The number of alkyl halides is 1. The van der Waals surface area contributed by atoms with E-state index in [0.29, 0.717) is 21.1 Å². The second-order valence-corrected chi connectivity index (χ2v) is 5.48. The summed E-state index contributed by atoms with van der Waals surface area (Å²) in [5.41, 5.74) is 1.40. The van der Waals surface area contributed by atoms with E-state index in [9.17, 15) is 10.1 Å². The minimum absolute atomic E-state index is 0.0863. The van der Waals surface area contributed by atoms with Crippen molar-refractivity contribution >= 4 is 28.6 Å². The molecule has 0 radical (unpaired) electrons. The van der Waals surface area contributed by atoms with Gasteiger partial charge in [-0.05, 0) is 13.8 Å². The summed E-state index contributed by atoms with van der Waals surface area (Å²) in [5.74, 6) is 0. The number of hydrogen-bond acceptors (Lipinski definition) is 5. The van der Waals surface area contributed by atoms with Crippen molar-refractivity contribution in [3.8, 4) is 10.6 Å². The monoisotopic (exact) mass is 283 g/mol. The van der Waals surface area contributed by atoms with Gasteiger partial charge in [-0.15, -0.1) is 21.8 Å². The molecular weight excluding hydrogens is 274 g/mol. The van der Waals surface area contributed by atoms with E-state index in [4.69, 9.17) is 11.6 Å². The van der Waals surface area contributed by atoms with E-state index in [2.05, 4.69) is 10.2 Å². The average Bonchev–Trinajstić information content (AvgIpc) is 2.78. The Labute approximate surface area is 113 Å². The molecule has 7 heteroatoms. The number of aryl methyl sites for hydroxylation is 1. The highest BCUT2D eigenvalue weighted by atomic mass is 35.5. The maximum atomic E-state index is 10.9. The molecule has 0 saturated carbocycles. The molecule has 2 aromatic rings. The van der Waals surface area contributed by atoms with Crippen molar-refractivity contribution < 1.29 is 4.92 Å². The van der Waals surface area contributed by atoms with Crippen LogP contribution in [0, 0.1) is 17.0 Å². The molecule has 0 bridgehead atoms. The lowest BCUT2D eigenvalue weighted by atomic mass is 10.1. The van der Waals surface area contributed by atoms with Crippen molar-refractivity contribution in [2.75, 3.05) is 0 Å². The first kappa shape index (κ1) is 12.9. The zero-order valence-electron chi connectivity index (χ0n) is 9.75. The van der Waals surface area contributed by atoms with Gasteiger partial charge in [0.25, 0.3) is 5.69 Å². The number of hydrogen-bond donors (Lipinski definition) is 0. The molecule has 1 atom stereocenters. The molecule has 0 fully saturated rings. The van der Waals surface area contributed by atoms with Gasteiger partial charge in [0.05, 0.1) is 10.3 Å². The lowest BCUT2D eigenvalue weighted by Gasteiger charge is -1.99. The van der Waals surface area contributed by atoms with Gasteiger partial charge < -0.3 is 0 Å². The van der Waals surface area contributed by atoms with Crippen molar-refractivity contribution in [1.29, 1.82) is 0 Å². The summed E-state index contributed by atoms with van der Waals surface area (Å²) in [6, 6.07) is 5.02. The molecule has 18 heavy (non-hydrogen) atoms. The van der Waals surface area contributed by atoms with Crippen LogP contribution in [-0.2, 0) is 0 Å². The molecule has 1 heterocycles. The fraction of sp³-hybridized carbons (Fsp3) is 0.273. The van der Waals surface area contributed by atoms with Crippen LogP contribution in [0.25, 0.3) is 10.6 Å². The standard InChI is InChI=1S/C11H10ClN3O2S/c1-6-3-4-8(5-9(6)15(16)17)11-14-13-10(18-11)7(2)12/h3-5,7H,1-2H3. The maximum Gasteiger partial charge on any atom is 0.273 e. The third kappa shape index (κ3) is 2.49. The Hall–Kier alpha value is -1.53. The summed E-state index contributed by atoms with van der Waals surface area (Å²) in [6.07, 6.45) is 0. The summed E-state index contributed by atoms with van der Waals surface area (Å²) in [5, 5.41) is 20.0. The van der Waals surface area contributed by atoms with Crippen molar-refractivity contribution in [3.05, 3.63) is 38.9 Å². The third-order valence-electron chi connectivity index (χ3n) is 2.43. The van der Waals surface area contributed by atoms with Crippen LogP contribution in [0.5, 0.6) is 0 Å². The molecule has 0 aliphatic heterocycles. The highest BCUT2D eigenvalue weighted by Crippen LogP contribution is 2.31. The Morgan fingerprint density at radius 2 is 2.17 bits per heavy atom. The van der Waals surface area contributed by atoms with Gasteiger partial charge in [-0.2, -0.15) is 0 Å². The van der Waals surface area contributed by atoms with Gasteiger partial charge in [0, 0.05) is 17.2 Å². The average molecular weight is 284 g/mol. The fourth-order valence-corrected chi connectivity index (χ4v) is 2.40. The number of benzene rings is 1. The zero-order valence-corrected chi connectivity index (χ0v) is 11.3. The van der Waals surface area contributed by atoms with E-state index < -0.39 is 4.92 Å². The molecule has 1 aromatic carbocycles. The zero-order chi connectivity index (χ0) is 13.3. The highest BCUT2D eigenvalue weighted by Gasteiger charge is 2.15. The van der Waals surface area contributed by atoms with E-state index in [-0.39, 0.29) is 11.1 Å². The van der Waals surface area contributed by atoms with Gasteiger partial charge >= 0.3 is 0 Å². The molecular formula is C11H10ClN3O2S. The van der Waals surface area contributed by atoms with Gasteiger partial charge in [0.1, 0.15) is 10.0 Å². The van der Waals surface area contributed by atoms with Gasteiger partial charge in [-0.3, -0.25) is 10.1 Å². The molecule has 1 unspecified atom stereocenters. The van der Waals surface area contributed by atoms with E-state index in [0.717, 1.165) is 0 Å². The predicted molar refractivity (Wildman–Crippen MR) is 71.0 cm³/mol. The van der Waals surface area contributed by atoms with Crippen molar-refractivity contribution in [2.24, 2.45) is 0 Å². The van der Waals surface area contributed by atoms with E-state index in [1.54, 1.807) is 19.1 Å². The number of halogens is 1. The molecule has 2 rings (SSSR count). The lowest BCUT2D eigenvalue weighted by molar-refractivity contribution is -0.385. The second-order valence-electron chi connectivity index (χ2n) is 3.82. The first-order chi connectivity index (χ1) is 8.49. The summed E-state index contributed by atoms with van der Waals surface area (Å²) in [7, 11) is 0. The molecule has 0 aliphatic rings. The largest absolute Gasteiger partial charge is 0.273 e. The smallest absolute Gasteiger partial charge is 0.258 e. The summed E-state index contributed by atoms with van der Waals surface area (Å²) >= 11 is 7.25. The van der Waals surface area contributed by atoms with E-state index in [1.165, 1.54) is 17.4 Å². The Bertz CT molecular complexity index is 598. The van der Waals surface area contributed by atoms with Crippen LogP contribution in [-0.4, -0.2) is 15.1 Å². The molecule has 0 spiro atoms. The van der Waals surface area contributed by atoms with E-state index in [1.807, 2.05) is 6.92 Å². The Morgan fingerprint density at radius 3 is 2.72 bits per heavy atom. The van der Waals surface area contributed by atoms with Gasteiger partial charge in [0.2, 0.25) is 0 Å². The molecule has 1 aromatic heterocycles. The SMILES string of the molecule is Cc1ccc(-c2nnc(C(C)Cl)s2)cc1[N+](=O)[O-]. The Kier molecular flexibility index (Phi) is 3.58. The number of nitro benzene ring substituents is 1. The number of aromatic nitrogens is 2. The normalized spacial score (nSPS) is 12.4. The van der Waals surface area contributed by atoms with Crippen LogP contribution >= 0.6 is 22.9 Å². The minimum Gasteiger partial charge on any atom is -0.258 e. The summed E-state index contributed by atoms with van der Waals surface area (Å²) in [6.45, 7) is 3.51. The molecule has 94 valence electrons. The van der Waals surface area contributed by atoms with Crippen LogP contribution < -0.4 is 0 Å². The summed E-state index contributed by atoms with van der Waals surface area (Å²) in [4.78, 5) is 10.5. The van der Waals surface area contributed by atoms with E-state index >= 15 is 0 Å². The van der Waals surface area contributed by atoms with Gasteiger partial charge in [-0.25, -0.2) is 0 Å². The molecule has 0 N–H and O–H groups in total. The fourth-order valence-electron chi connectivity index (χ4n) is 1.45. The summed E-state index contributed by atoms with van der Waals surface area (Å²) < 4.78 is 0. The van der Waals surface area contributed by atoms with Crippen molar-refractivity contribution in [2.45, 2.75) is 19.2 Å². The van der Waals surface area contributed by atoms with Crippen molar-refractivity contribution in [3.63, 3.8) is 0 Å². The Morgan fingerprint density at radius 1 is 1.44 bits per heavy atom. The third-order valence-corrected chi connectivity index (χ3v) is 3.92.